The summed E-state index contributed by atoms with van der Waals surface area (Å²) in [5.41, 5.74) is 2.60. The van der Waals surface area contributed by atoms with Crippen molar-refractivity contribution >= 4 is 175 Å². The summed E-state index contributed by atoms with van der Waals surface area (Å²) in [7, 11) is -2.22. The minimum Gasteiger partial charge on any atom is -0.442 e. The summed E-state index contributed by atoms with van der Waals surface area (Å²) >= 11 is 15.4. The number of aromatic amines is 1. The number of rotatable bonds is 14. The van der Waals surface area contributed by atoms with Gasteiger partial charge < -0.3 is 14.0 Å². The second-order valence-electron chi connectivity index (χ2n) is 30.3. The van der Waals surface area contributed by atoms with Gasteiger partial charge in [-0.1, -0.05) is 401 Å². The minimum atomic E-state index is -0.551. The maximum absolute atomic E-state index is 11.8. The van der Waals surface area contributed by atoms with Crippen LogP contribution in [-0.4, -0.2) is 69.9 Å². The van der Waals surface area contributed by atoms with Crippen LogP contribution in [0.1, 0.15) is 55.9 Å². The third kappa shape index (κ3) is 27.3. The molecule has 1 N–H and O–H groups in total. The number of pyridine rings is 4. The van der Waals surface area contributed by atoms with Gasteiger partial charge in [0, 0.05) is 77.0 Å². The molecule has 0 aliphatic carbocycles. The molecule has 0 atom stereocenters. The van der Waals surface area contributed by atoms with Crippen molar-refractivity contribution in [2.45, 2.75) is 72.7 Å². The molecular formula is C106H98BBrCl2N8O4P4Pd. The first-order valence-corrected chi connectivity index (χ1v) is 47.7. The Bertz CT molecular complexity index is 5430. The van der Waals surface area contributed by atoms with E-state index < -0.39 is 50.5 Å². The van der Waals surface area contributed by atoms with Crippen LogP contribution in [0.4, 0.5) is 4.79 Å². The molecule has 0 amide bonds. The number of H-pyrrole nitrogens is 1. The number of halogens is 3. The summed E-state index contributed by atoms with van der Waals surface area (Å²) in [6.07, 6.45) is 9.47. The molecule has 1 fully saturated rings. The van der Waals surface area contributed by atoms with E-state index in [1.165, 1.54) is 63.7 Å². The van der Waals surface area contributed by atoms with Crippen molar-refractivity contribution < 1.29 is 39.3 Å². The van der Waals surface area contributed by atoms with Crippen molar-refractivity contribution in [2.24, 2.45) is 0 Å². The van der Waals surface area contributed by atoms with E-state index in [1.807, 2.05) is 64.1 Å². The Morgan fingerprint density at radius 3 is 0.976 bits per heavy atom. The number of nitrogens with zero attached hydrogens (tertiary/aromatic N) is 7. The molecule has 12 nitrogen and oxygen atoms in total. The SMILES string of the molecule is C.CC(C)(C)OC(=O)n1ncc2cc(Br)cnc21.CC1(C)OB(c2cccnc2Cl)OC1(C)C.Clc1ncccc1-c1cnc2[nH]ncc2c1.[Pd].c1ccc(P(c2ccccc2)c2ccccc2)cc1.c1ccc(P(c2ccccc2)c2ccccc2)cc1.c1ccc(P(c2ccccc2)c2ccccc2)cc1.c1ccc(P(c2ccccc2)c2ccccc2)cc1. The van der Waals surface area contributed by atoms with Crippen molar-refractivity contribution in [3.8, 4) is 11.1 Å². The first-order valence-electron chi connectivity index (χ1n) is 40.7. The number of nitrogens with one attached hydrogen (secondary N) is 1. The van der Waals surface area contributed by atoms with Gasteiger partial charge in [-0.2, -0.15) is 10.2 Å². The van der Waals surface area contributed by atoms with Gasteiger partial charge in [-0.3, -0.25) is 5.10 Å². The predicted molar refractivity (Wildman–Crippen MR) is 541 cm³/mol. The number of fused-ring (bicyclic) bond motifs is 2. The van der Waals surface area contributed by atoms with Crippen LogP contribution in [0.5, 0.6) is 0 Å². The van der Waals surface area contributed by atoms with Gasteiger partial charge in [0.15, 0.2) is 11.3 Å². The Balaban J connectivity index is 0.000000143. The fourth-order valence-electron chi connectivity index (χ4n) is 13.2. The predicted octanol–water partition coefficient (Wildman–Crippen LogP) is 22.1. The maximum Gasteiger partial charge on any atom is 0.498 e. The Hall–Kier alpha value is -10.9. The zero-order valence-electron chi connectivity index (χ0n) is 70.6. The van der Waals surface area contributed by atoms with E-state index in [9.17, 15) is 4.79 Å². The molecular weight excluding hydrogens is 1840 g/mol. The van der Waals surface area contributed by atoms with E-state index in [2.05, 4.69) is 415 Å². The third-order valence-corrected chi connectivity index (χ3v) is 30.6. The van der Waals surface area contributed by atoms with Crippen LogP contribution in [0.3, 0.4) is 0 Å². The molecule has 0 unspecified atom stereocenters. The summed E-state index contributed by atoms with van der Waals surface area (Å²) in [4.78, 5) is 28.3. The summed E-state index contributed by atoms with van der Waals surface area (Å²) in [5, 5.41) is 30.1. The molecule has 7 heterocycles. The molecule has 18 aromatic rings. The first-order chi connectivity index (χ1) is 60.8. The van der Waals surface area contributed by atoms with Gasteiger partial charge in [-0.25, -0.2) is 24.7 Å². The molecule has 21 heteroatoms. The molecule has 0 saturated carbocycles. The molecule has 19 rings (SSSR count). The summed E-state index contributed by atoms with van der Waals surface area (Å²) in [6, 6.07) is 141. The Morgan fingerprint density at radius 2 is 0.685 bits per heavy atom. The van der Waals surface area contributed by atoms with E-state index in [-0.39, 0.29) is 39.1 Å². The molecule has 127 heavy (non-hydrogen) atoms. The van der Waals surface area contributed by atoms with Gasteiger partial charge in [-0.05, 0) is 190 Å². The molecule has 12 aromatic carbocycles. The van der Waals surface area contributed by atoms with Crippen LogP contribution >= 0.6 is 70.8 Å². The Labute approximate surface area is 784 Å². The number of aromatic nitrogens is 8. The average Bonchev–Trinajstić information content (AvgIpc) is 1.63. The zero-order valence-corrected chi connectivity index (χ0v) is 78.9. The zero-order chi connectivity index (χ0) is 87.2. The Morgan fingerprint density at radius 1 is 0.386 bits per heavy atom. The number of carbonyl (C=O) groups excluding carboxylic acids is 1. The van der Waals surface area contributed by atoms with Gasteiger partial charge in [0.1, 0.15) is 15.9 Å². The van der Waals surface area contributed by atoms with Crippen molar-refractivity contribution in [2.75, 3.05) is 0 Å². The van der Waals surface area contributed by atoms with Gasteiger partial charge in [0.05, 0.1) is 23.6 Å². The smallest absolute Gasteiger partial charge is 0.442 e. The largest absolute Gasteiger partial charge is 0.498 e. The quantitative estimate of drug-likeness (QED) is 0.0635. The minimum absolute atomic E-state index is 0. The van der Waals surface area contributed by atoms with Crippen molar-refractivity contribution in [1.82, 2.24) is 39.9 Å². The normalized spacial score (nSPS) is 12.1. The second-order valence-corrected chi connectivity index (χ2v) is 40.8. The number of hydrogen-bond acceptors (Lipinski definition) is 10. The van der Waals surface area contributed by atoms with E-state index in [0.717, 1.165) is 42.2 Å². The number of benzene rings is 12. The fourth-order valence-corrected chi connectivity index (χ4v) is 23.2. The van der Waals surface area contributed by atoms with E-state index in [1.54, 1.807) is 58.0 Å². The van der Waals surface area contributed by atoms with E-state index >= 15 is 0 Å². The maximum atomic E-state index is 11.8. The third-order valence-electron chi connectivity index (χ3n) is 19.8. The van der Waals surface area contributed by atoms with Crippen molar-refractivity contribution in [3.63, 3.8) is 0 Å². The monoisotopic (exact) mass is 1940 g/mol. The van der Waals surface area contributed by atoms with Crippen LogP contribution in [0.25, 0.3) is 33.2 Å². The standard InChI is InChI=1S/4C18H15P.C11H15BClNO2.C11H12BrN3O2.C11H7ClN4.CH4.Pd/c4*1-4-10-16(11-5-1)19(17-12-6-2-7-13-17)18-14-8-3-9-15-18;1-10(2)11(3,4)16-12(15-10)8-6-5-7-14-9(8)13;1-11(2,3)17-10(16)15-9-7(5-14-15)4-8(12)6-13-9;12-10-9(2-1-3-13-10)7-4-8-6-15-16-11(8)14-5-7;;/h4*1-15H;5-7H,1-4H3;4-6H,1-3H3;1-6H,(H,14,15,16);1H4;. The molecule has 1 aliphatic rings. The molecule has 0 radical (unpaired) electrons. The molecule has 0 spiro atoms. The van der Waals surface area contributed by atoms with Gasteiger partial charge in [0.2, 0.25) is 0 Å². The Kier molecular flexibility index (Phi) is 36.8. The molecule has 1 aliphatic heterocycles. The van der Waals surface area contributed by atoms with Crippen LogP contribution < -0.4 is 69.1 Å². The first kappa shape index (κ1) is 96.7. The summed E-state index contributed by atoms with van der Waals surface area (Å²) in [5.74, 6) is 0. The number of hydrogen-bond donors (Lipinski definition) is 1. The van der Waals surface area contributed by atoms with Crippen LogP contribution in [0, 0.1) is 0 Å². The van der Waals surface area contributed by atoms with Crippen molar-refractivity contribution in [3.05, 3.63) is 452 Å². The molecule has 1 saturated heterocycles. The van der Waals surface area contributed by atoms with Gasteiger partial charge in [0.25, 0.3) is 0 Å². The van der Waals surface area contributed by atoms with E-state index in [0.29, 0.717) is 16.0 Å². The second kappa shape index (κ2) is 48.3. The van der Waals surface area contributed by atoms with Gasteiger partial charge in [-0.15, -0.1) is 4.68 Å². The van der Waals surface area contributed by atoms with Crippen LogP contribution in [-0.2, 0) is 34.5 Å². The van der Waals surface area contributed by atoms with Crippen LogP contribution in [0.15, 0.2) is 442 Å². The number of ether oxygens (including phenoxy) is 1. The molecule has 0 bridgehead atoms. The molecule has 640 valence electrons. The van der Waals surface area contributed by atoms with E-state index in [4.69, 9.17) is 37.2 Å². The van der Waals surface area contributed by atoms with Crippen LogP contribution in [0.2, 0.25) is 10.3 Å². The number of carbonyl (C=O) groups is 1. The average molecular weight is 1940 g/mol. The molecule has 6 aromatic heterocycles. The summed E-state index contributed by atoms with van der Waals surface area (Å²) < 4.78 is 19.0. The van der Waals surface area contributed by atoms with Crippen molar-refractivity contribution in [1.29, 1.82) is 0 Å². The fraction of sp³-hybridized carbons (Fsp3) is 0.104. The van der Waals surface area contributed by atoms with Gasteiger partial charge >= 0.3 is 13.2 Å². The topological polar surface area (TPSA) is 143 Å². The summed E-state index contributed by atoms with van der Waals surface area (Å²) in [6.45, 7) is 13.5.